The Labute approximate surface area is 96.9 Å². The second-order valence-electron chi connectivity index (χ2n) is 4.60. The van der Waals surface area contributed by atoms with E-state index in [1.165, 1.54) is 31.4 Å². The Kier molecular flexibility index (Phi) is 3.19. The Bertz CT molecular complexity index is 406. The van der Waals surface area contributed by atoms with Crippen molar-refractivity contribution in [1.82, 2.24) is 4.57 Å². The van der Waals surface area contributed by atoms with Gasteiger partial charge in [0, 0.05) is 11.7 Å². The second kappa shape index (κ2) is 4.61. The Balaban J connectivity index is 2.42. The van der Waals surface area contributed by atoms with E-state index in [1.807, 2.05) is 6.07 Å². The minimum Gasteiger partial charge on any atom is -0.397 e. The average Bonchev–Trinajstić information content (AvgIpc) is 2.87. The Hall–Kier alpha value is -1.43. The first kappa shape index (κ1) is 11.1. The number of nitrogens with two attached hydrogens (primary N) is 1. The molecule has 1 heterocycles. The van der Waals surface area contributed by atoms with Gasteiger partial charge in [-0.05, 0) is 25.3 Å². The molecule has 86 valence electrons. The average molecular weight is 217 g/mol. The van der Waals surface area contributed by atoms with Gasteiger partial charge in [0.1, 0.15) is 11.8 Å². The number of nitrogen functional groups attached to an aromatic ring is 1. The highest BCUT2D eigenvalue weighted by atomic mass is 15.0. The summed E-state index contributed by atoms with van der Waals surface area (Å²) in [5.41, 5.74) is 8.71. The van der Waals surface area contributed by atoms with Crippen molar-refractivity contribution >= 4 is 5.69 Å². The molecule has 2 N–H and O–H groups in total. The van der Waals surface area contributed by atoms with Gasteiger partial charge < -0.3 is 10.3 Å². The molecule has 1 aromatic heterocycles. The number of hydrogen-bond donors (Lipinski definition) is 1. The van der Waals surface area contributed by atoms with Crippen molar-refractivity contribution in [2.45, 2.75) is 51.5 Å². The number of anilines is 1. The standard InChI is InChI=1S/C13H19N3/c1-2-5-13-12(15)8-11(9-14)16(13)10-6-3-4-7-10/h8,10H,2-7,15H2,1H3. The van der Waals surface area contributed by atoms with Crippen LogP contribution in [0.1, 0.15) is 56.5 Å². The summed E-state index contributed by atoms with van der Waals surface area (Å²) in [5, 5.41) is 9.16. The number of hydrogen-bond acceptors (Lipinski definition) is 2. The SMILES string of the molecule is CCCc1c(N)cc(C#N)n1C1CCCC1. The molecule has 3 nitrogen and oxygen atoms in total. The molecule has 0 bridgehead atoms. The minimum atomic E-state index is 0.508. The summed E-state index contributed by atoms with van der Waals surface area (Å²) in [4.78, 5) is 0. The van der Waals surface area contributed by atoms with Gasteiger partial charge in [-0.2, -0.15) is 5.26 Å². The van der Waals surface area contributed by atoms with Crippen molar-refractivity contribution < 1.29 is 0 Å². The van der Waals surface area contributed by atoms with Gasteiger partial charge in [0.05, 0.1) is 5.69 Å². The van der Waals surface area contributed by atoms with E-state index in [0.29, 0.717) is 6.04 Å². The van der Waals surface area contributed by atoms with Crippen molar-refractivity contribution in [2.24, 2.45) is 0 Å². The van der Waals surface area contributed by atoms with E-state index < -0.39 is 0 Å². The van der Waals surface area contributed by atoms with Crippen LogP contribution >= 0.6 is 0 Å². The predicted octanol–water partition coefficient (Wildman–Crippen LogP) is 3.01. The lowest BCUT2D eigenvalue weighted by Gasteiger charge is -2.17. The molecule has 1 aliphatic carbocycles. The molecule has 0 amide bonds. The number of rotatable bonds is 3. The highest BCUT2D eigenvalue weighted by Crippen LogP contribution is 2.34. The zero-order chi connectivity index (χ0) is 11.5. The highest BCUT2D eigenvalue weighted by molar-refractivity contribution is 5.51. The normalized spacial score (nSPS) is 16.5. The molecule has 0 radical (unpaired) electrons. The molecule has 1 fully saturated rings. The van der Waals surface area contributed by atoms with E-state index in [2.05, 4.69) is 17.6 Å². The zero-order valence-electron chi connectivity index (χ0n) is 9.87. The van der Waals surface area contributed by atoms with E-state index in [0.717, 1.165) is 24.2 Å². The topological polar surface area (TPSA) is 54.7 Å². The largest absolute Gasteiger partial charge is 0.397 e. The third-order valence-electron chi connectivity index (χ3n) is 3.47. The molecule has 0 unspecified atom stereocenters. The van der Waals surface area contributed by atoms with Gasteiger partial charge in [0.2, 0.25) is 0 Å². The van der Waals surface area contributed by atoms with Crippen molar-refractivity contribution in [3.63, 3.8) is 0 Å². The van der Waals surface area contributed by atoms with Gasteiger partial charge in [-0.15, -0.1) is 0 Å². The maximum Gasteiger partial charge on any atom is 0.122 e. The van der Waals surface area contributed by atoms with Crippen LogP contribution in [0.2, 0.25) is 0 Å². The molecular formula is C13H19N3. The van der Waals surface area contributed by atoms with Gasteiger partial charge in [-0.25, -0.2) is 0 Å². The first-order valence-corrected chi connectivity index (χ1v) is 6.17. The van der Waals surface area contributed by atoms with Crippen LogP contribution in [0.4, 0.5) is 5.69 Å². The lowest BCUT2D eigenvalue weighted by atomic mass is 10.2. The lowest BCUT2D eigenvalue weighted by Crippen LogP contribution is -2.11. The Morgan fingerprint density at radius 1 is 1.50 bits per heavy atom. The van der Waals surface area contributed by atoms with Gasteiger partial charge in [0.25, 0.3) is 0 Å². The fourth-order valence-electron chi connectivity index (χ4n) is 2.75. The fraction of sp³-hybridized carbons (Fsp3) is 0.615. The van der Waals surface area contributed by atoms with Crippen molar-refractivity contribution in [3.8, 4) is 6.07 Å². The smallest absolute Gasteiger partial charge is 0.122 e. The first-order valence-electron chi connectivity index (χ1n) is 6.17. The predicted molar refractivity (Wildman–Crippen MR) is 65.1 cm³/mol. The molecule has 1 saturated carbocycles. The summed E-state index contributed by atoms with van der Waals surface area (Å²) in [7, 11) is 0. The van der Waals surface area contributed by atoms with Crippen molar-refractivity contribution in [1.29, 1.82) is 5.26 Å². The van der Waals surface area contributed by atoms with Crippen LogP contribution in [0.5, 0.6) is 0 Å². The molecule has 3 heteroatoms. The van der Waals surface area contributed by atoms with Gasteiger partial charge in [0.15, 0.2) is 0 Å². The maximum absolute atomic E-state index is 9.16. The van der Waals surface area contributed by atoms with Gasteiger partial charge in [-0.1, -0.05) is 26.2 Å². The first-order chi connectivity index (χ1) is 7.77. The number of nitrogens with zero attached hydrogens (tertiary/aromatic N) is 2. The van der Waals surface area contributed by atoms with E-state index in [9.17, 15) is 0 Å². The summed E-state index contributed by atoms with van der Waals surface area (Å²) in [6.45, 7) is 2.15. The molecule has 16 heavy (non-hydrogen) atoms. The maximum atomic E-state index is 9.16. The summed E-state index contributed by atoms with van der Waals surface area (Å²) < 4.78 is 2.20. The Morgan fingerprint density at radius 3 is 2.75 bits per heavy atom. The summed E-state index contributed by atoms with van der Waals surface area (Å²) in [5.74, 6) is 0. The van der Waals surface area contributed by atoms with Crippen LogP contribution in [-0.4, -0.2) is 4.57 Å². The second-order valence-corrected chi connectivity index (χ2v) is 4.60. The van der Waals surface area contributed by atoms with Crippen LogP contribution in [-0.2, 0) is 6.42 Å². The molecule has 1 aliphatic rings. The van der Waals surface area contributed by atoms with Crippen LogP contribution in [0.25, 0.3) is 0 Å². The van der Waals surface area contributed by atoms with Crippen LogP contribution in [0.15, 0.2) is 6.07 Å². The third-order valence-corrected chi connectivity index (χ3v) is 3.47. The highest BCUT2D eigenvalue weighted by Gasteiger charge is 2.23. The molecule has 0 aromatic carbocycles. The van der Waals surface area contributed by atoms with Crippen LogP contribution in [0, 0.1) is 11.3 Å². The third kappa shape index (κ3) is 1.80. The molecule has 2 rings (SSSR count). The Morgan fingerprint density at radius 2 is 2.19 bits per heavy atom. The summed E-state index contributed by atoms with van der Waals surface area (Å²) >= 11 is 0. The minimum absolute atomic E-state index is 0.508. The molecule has 1 aromatic rings. The van der Waals surface area contributed by atoms with E-state index in [1.54, 1.807) is 0 Å². The van der Waals surface area contributed by atoms with Crippen LogP contribution < -0.4 is 5.73 Å². The van der Waals surface area contributed by atoms with Crippen molar-refractivity contribution in [3.05, 3.63) is 17.5 Å². The van der Waals surface area contributed by atoms with E-state index >= 15 is 0 Å². The molecule has 0 aliphatic heterocycles. The van der Waals surface area contributed by atoms with Crippen molar-refractivity contribution in [2.75, 3.05) is 5.73 Å². The van der Waals surface area contributed by atoms with Gasteiger partial charge >= 0.3 is 0 Å². The molecular weight excluding hydrogens is 198 g/mol. The molecule has 0 spiro atoms. The van der Waals surface area contributed by atoms with E-state index in [-0.39, 0.29) is 0 Å². The van der Waals surface area contributed by atoms with E-state index in [4.69, 9.17) is 11.0 Å². The summed E-state index contributed by atoms with van der Waals surface area (Å²) in [6.07, 6.45) is 6.99. The quantitative estimate of drug-likeness (QED) is 0.846. The van der Waals surface area contributed by atoms with Crippen LogP contribution in [0.3, 0.4) is 0 Å². The summed E-state index contributed by atoms with van der Waals surface area (Å²) in [6, 6.07) is 4.62. The van der Waals surface area contributed by atoms with Gasteiger partial charge in [-0.3, -0.25) is 0 Å². The fourth-order valence-corrected chi connectivity index (χ4v) is 2.75. The lowest BCUT2D eigenvalue weighted by molar-refractivity contribution is 0.497. The number of aromatic nitrogens is 1. The number of nitriles is 1. The monoisotopic (exact) mass is 217 g/mol. The molecule has 0 atom stereocenters. The zero-order valence-corrected chi connectivity index (χ0v) is 9.87. The molecule has 0 saturated heterocycles.